The Morgan fingerprint density at radius 1 is 0.296 bits per heavy atom. The highest BCUT2D eigenvalue weighted by Crippen LogP contribution is 2.69. The Morgan fingerprint density at radius 2 is 0.444 bits per heavy atom. The number of hydrogen-bond donors (Lipinski definition) is 0. The number of carbonyl (C=O) groups is 1. The normalized spacial score (nSPS) is 16.9. The lowest BCUT2D eigenvalue weighted by atomic mass is 9.83. The van der Waals surface area contributed by atoms with E-state index in [1.54, 1.807) is 0 Å². The SMILES string of the molecule is O=C(CCl)OC(F)(F)C(F)(F)C(F)(F)C(F)(F)C(F)(F)C(F)(F)C(F)(F)C(F)(F)C(F)(F)C(F)(F)C(F)(F)C(F)(F)C(F)(F)C(F)(F)C(F)(F)C(F)(F)F. The van der Waals surface area contributed by atoms with Crippen molar-refractivity contribution in [2.45, 2.75) is 95.2 Å². The molecule has 0 heterocycles. The summed E-state index contributed by atoms with van der Waals surface area (Å²) in [5, 5.41) is 0. The van der Waals surface area contributed by atoms with Crippen molar-refractivity contribution >= 4 is 17.6 Å². The minimum atomic E-state index is -10.3. The third-order valence-corrected chi connectivity index (χ3v) is 6.42. The van der Waals surface area contributed by atoms with Gasteiger partial charge in [0, 0.05) is 0 Å². The molecular weight excluding hydrogens is 911 g/mol. The highest BCUT2D eigenvalue weighted by molar-refractivity contribution is 6.26. The van der Waals surface area contributed by atoms with Gasteiger partial charge in [-0.25, -0.2) is 0 Å². The van der Waals surface area contributed by atoms with Crippen molar-refractivity contribution in [3.63, 3.8) is 0 Å². The molecule has 0 aromatic rings. The molecule has 0 aliphatic carbocycles. The van der Waals surface area contributed by atoms with Gasteiger partial charge in [-0.1, -0.05) is 0 Å². The van der Waals surface area contributed by atoms with Gasteiger partial charge >= 0.3 is 101 Å². The van der Waals surface area contributed by atoms with E-state index in [0.29, 0.717) is 0 Å². The number of alkyl halides is 34. The Balaban J connectivity index is 7.71. The molecule has 324 valence electrons. The zero-order chi connectivity index (χ0) is 45.0. The third kappa shape index (κ3) is 5.97. The van der Waals surface area contributed by atoms with Crippen LogP contribution in [0.5, 0.6) is 0 Å². The molecule has 0 spiro atoms. The van der Waals surface area contributed by atoms with E-state index in [4.69, 9.17) is 0 Å². The maximum absolute atomic E-state index is 13.8. The molecule has 0 unspecified atom stereocenters. The predicted octanol–water partition coefficient (Wildman–Crippen LogP) is 10.8. The molecule has 0 aliphatic rings. The summed E-state index contributed by atoms with van der Waals surface area (Å²) in [5.74, 6) is -142. The summed E-state index contributed by atoms with van der Waals surface area (Å²) in [5.41, 5.74) is 0. The molecule has 0 bridgehead atoms. The Labute approximate surface area is 274 Å². The molecule has 0 amide bonds. The first-order valence-electron chi connectivity index (χ1n) is 11.2. The van der Waals surface area contributed by atoms with E-state index >= 15 is 0 Å². The van der Waals surface area contributed by atoms with Gasteiger partial charge in [0.25, 0.3) is 0 Å². The van der Waals surface area contributed by atoms with Gasteiger partial charge in [0.2, 0.25) is 0 Å². The van der Waals surface area contributed by atoms with Crippen molar-refractivity contribution in [3.05, 3.63) is 0 Å². The van der Waals surface area contributed by atoms with Crippen LogP contribution < -0.4 is 0 Å². The van der Waals surface area contributed by atoms with Crippen LogP contribution in [0.3, 0.4) is 0 Å². The molecule has 0 radical (unpaired) electrons. The van der Waals surface area contributed by atoms with Crippen LogP contribution in [0.1, 0.15) is 0 Å². The van der Waals surface area contributed by atoms with E-state index in [-0.39, 0.29) is 0 Å². The van der Waals surface area contributed by atoms with Gasteiger partial charge in [0.05, 0.1) is 0 Å². The van der Waals surface area contributed by atoms with Crippen LogP contribution in [-0.2, 0) is 9.53 Å². The summed E-state index contributed by atoms with van der Waals surface area (Å²) in [7, 11) is 0. The van der Waals surface area contributed by atoms with E-state index in [1.807, 2.05) is 4.74 Å². The van der Waals surface area contributed by atoms with Gasteiger partial charge < -0.3 is 4.74 Å². The van der Waals surface area contributed by atoms with Gasteiger partial charge in [0.15, 0.2) is 0 Å². The topological polar surface area (TPSA) is 26.3 Å². The summed E-state index contributed by atoms with van der Waals surface area (Å²) in [6.45, 7) is 0. The van der Waals surface area contributed by atoms with Gasteiger partial charge in [0.1, 0.15) is 5.88 Å². The van der Waals surface area contributed by atoms with Crippen LogP contribution in [0.2, 0.25) is 0 Å². The molecular formula is C18H2ClF33O2. The molecule has 2 nitrogen and oxygen atoms in total. The van der Waals surface area contributed by atoms with Crippen molar-refractivity contribution in [1.82, 2.24) is 0 Å². The fraction of sp³-hybridized carbons (Fsp3) is 0.944. The van der Waals surface area contributed by atoms with Crippen LogP contribution in [-0.4, -0.2) is 107 Å². The Bertz CT molecular complexity index is 1390. The maximum Gasteiger partial charge on any atom is 0.473 e. The first kappa shape index (κ1) is 51.5. The summed E-state index contributed by atoms with van der Waals surface area (Å²) in [6.07, 6.45) is -16.2. The lowest BCUT2D eigenvalue weighted by Gasteiger charge is -2.46. The maximum atomic E-state index is 13.8. The number of halogens is 34. The monoisotopic (exact) mass is 912 g/mol. The van der Waals surface area contributed by atoms with E-state index in [9.17, 15) is 150 Å². The second-order valence-electron chi connectivity index (χ2n) is 9.66. The fourth-order valence-electron chi connectivity index (χ4n) is 2.96. The van der Waals surface area contributed by atoms with Crippen molar-refractivity contribution in [3.8, 4) is 0 Å². The lowest BCUT2D eigenvalue weighted by molar-refractivity contribution is -0.493. The highest BCUT2D eigenvalue weighted by Gasteiger charge is 3.02. The summed E-state index contributed by atoms with van der Waals surface area (Å²) < 4.78 is 445. The zero-order valence-corrected chi connectivity index (χ0v) is 23.6. The van der Waals surface area contributed by atoms with Crippen LogP contribution in [0.25, 0.3) is 0 Å². The first-order chi connectivity index (χ1) is 22.7. The average Bonchev–Trinajstić information content (AvgIpc) is 2.94. The third-order valence-electron chi connectivity index (χ3n) is 6.20. The molecule has 36 heteroatoms. The van der Waals surface area contributed by atoms with Gasteiger partial charge in [-0.3, -0.25) is 4.79 Å². The molecule has 0 aromatic carbocycles. The van der Waals surface area contributed by atoms with Crippen molar-refractivity contribution < 1.29 is 154 Å². The zero-order valence-electron chi connectivity index (χ0n) is 22.9. The largest absolute Gasteiger partial charge is 0.473 e. The van der Waals surface area contributed by atoms with Crippen LogP contribution in [0.15, 0.2) is 0 Å². The quantitative estimate of drug-likeness (QED) is 0.0876. The van der Waals surface area contributed by atoms with E-state index < -0.39 is 107 Å². The number of ether oxygens (including phenoxy) is 1. The number of esters is 1. The standard InChI is InChI=1S/C18H2ClF33O2/c19-1-2(53)54-18(51,52)16(46,47)14(42,43)12(38,39)10(34,35)8(30,31)6(26,27)4(22,23)3(20,21)5(24,25)7(28,29)9(32,33)11(36,37)13(40,41)15(44,45)17(48,49)50/h1H2. The summed E-state index contributed by atoms with van der Waals surface area (Å²) >= 11 is 4.33. The van der Waals surface area contributed by atoms with Crippen LogP contribution in [0, 0.1) is 0 Å². The minimum Gasteiger partial charge on any atom is -0.395 e. The Morgan fingerprint density at radius 3 is 0.593 bits per heavy atom. The average molecular weight is 913 g/mol. The van der Waals surface area contributed by atoms with Crippen molar-refractivity contribution in [2.24, 2.45) is 0 Å². The smallest absolute Gasteiger partial charge is 0.395 e. The Hall–Kier alpha value is -2.55. The second kappa shape index (κ2) is 12.7. The molecule has 0 saturated heterocycles. The Kier molecular flexibility index (Phi) is 12.1. The summed E-state index contributed by atoms with van der Waals surface area (Å²) in [6, 6.07) is 0. The molecule has 0 aromatic heterocycles. The van der Waals surface area contributed by atoms with Crippen molar-refractivity contribution in [2.75, 3.05) is 5.88 Å². The highest BCUT2D eigenvalue weighted by atomic mass is 35.5. The van der Waals surface area contributed by atoms with Crippen LogP contribution in [0.4, 0.5) is 145 Å². The van der Waals surface area contributed by atoms with Gasteiger partial charge in [-0.05, 0) is 0 Å². The molecule has 0 aliphatic heterocycles. The molecule has 0 atom stereocenters. The molecule has 0 N–H and O–H groups in total. The van der Waals surface area contributed by atoms with E-state index in [2.05, 4.69) is 11.6 Å². The molecule has 54 heavy (non-hydrogen) atoms. The number of carbonyl (C=O) groups excluding carboxylic acids is 1. The van der Waals surface area contributed by atoms with Crippen molar-refractivity contribution in [1.29, 1.82) is 0 Å². The van der Waals surface area contributed by atoms with Crippen LogP contribution >= 0.6 is 11.6 Å². The predicted molar refractivity (Wildman–Crippen MR) is 97.1 cm³/mol. The lowest BCUT2D eigenvalue weighted by Crippen LogP contribution is -2.80. The minimum absolute atomic E-state index is 1.99. The second-order valence-corrected chi connectivity index (χ2v) is 9.93. The van der Waals surface area contributed by atoms with Gasteiger partial charge in [-0.15, -0.1) is 11.6 Å². The first-order valence-corrected chi connectivity index (χ1v) is 11.8. The molecule has 0 saturated carbocycles. The molecule has 0 rings (SSSR count). The summed E-state index contributed by atoms with van der Waals surface area (Å²) in [4.78, 5) is 10.5. The van der Waals surface area contributed by atoms with Gasteiger partial charge in [-0.2, -0.15) is 145 Å². The van der Waals surface area contributed by atoms with E-state index in [0.717, 1.165) is 0 Å². The number of rotatable bonds is 16. The fourth-order valence-corrected chi connectivity index (χ4v) is 3.02. The number of hydrogen-bond acceptors (Lipinski definition) is 2. The molecule has 0 fully saturated rings. The van der Waals surface area contributed by atoms with E-state index in [1.165, 1.54) is 0 Å².